The Hall–Kier alpha value is -2.73. The molecular weight excluding hydrogens is 351 g/mol. The van der Waals surface area contributed by atoms with Crippen molar-refractivity contribution in [2.75, 3.05) is 6.61 Å². The molecule has 4 atom stereocenters. The van der Waals surface area contributed by atoms with Crippen molar-refractivity contribution in [2.45, 2.75) is 37.8 Å². The maximum absolute atomic E-state index is 15.0. The molecule has 2 aromatic rings. The number of hydrogen-bond acceptors (Lipinski definition) is 5. The molecule has 5 nitrogen and oxygen atoms in total. The highest BCUT2D eigenvalue weighted by Gasteiger charge is 2.55. The fraction of sp³-hybridized carbons (Fsp3) is 0.333. The maximum atomic E-state index is 15.0. The predicted octanol–water partition coefficient (Wildman–Crippen LogP) is 3.58. The fourth-order valence-electron chi connectivity index (χ4n) is 2.97. The van der Waals surface area contributed by atoms with Gasteiger partial charge in [0.2, 0.25) is 0 Å². The largest absolute Gasteiger partial charge is 0.459 e. The lowest BCUT2D eigenvalue weighted by Gasteiger charge is -2.29. The van der Waals surface area contributed by atoms with Crippen LogP contribution in [0.5, 0.6) is 0 Å². The zero-order chi connectivity index (χ0) is 19.4. The molecule has 0 radical (unpaired) electrons. The molecule has 1 fully saturated rings. The van der Waals surface area contributed by atoms with Gasteiger partial charge in [-0.25, -0.2) is 14.0 Å². The molecule has 2 aromatic carbocycles. The Bertz CT molecular complexity index is 795. The van der Waals surface area contributed by atoms with E-state index in [1.165, 1.54) is 6.92 Å². The van der Waals surface area contributed by atoms with Crippen LogP contribution < -0.4 is 0 Å². The highest BCUT2D eigenvalue weighted by molar-refractivity contribution is 5.90. The van der Waals surface area contributed by atoms with Crippen LogP contribution in [0.2, 0.25) is 0 Å². The molecule has 1 aliphatic rings. The quantitative estimate of drug-likeness (QED) is 0.751. The molecule has 1 saturated heterocycles. The van der Waals surface area contributed by atoms with Crippen LogP contribution in [0, 0.1) is 0 Å². The van der Waals surface area contributed by atoms with E-state index in [1.54, 1.807) is 67.6 Å². The summed E-state index contributed by atoms with van der Waals surface area (Å²) < 4.78 is 31.2. The normalized spacial score (nSPS) is 27.1. The number of carbonyl (C=O) groups is 2. The van der Waals surface area contributed by atoms with Crippen molar-refractivity contribution in [3.8, 4) is 0 Å². The number of hydrogen-bond donors (Lipinski definition) is 0. The van der Waals surface area contributed by atoms with Gasteiger partial charge in [-0.3, -0.25) is 0 Å². The number of esters is 2. The first-order valence-electron chi connectivity index (χ1n) is 8.72. The molecule has 0 bridgehead atoms. The summed E-state index contributed by atoms with van der Waals surface area (Å²) in [6, 6.07) is 16.8. The summed E-state index contributed by atoms with van der Waals surface area (Å²) in [5, 5.41) is 0. The molecule has 6 heteroatoms. The van der Waals surface area contributed by atoms with E-state index in [2.05, 4.69) is 0 Å². The van der Waals surface area contributed by atoms with E-state index in [0.29, 0.717) is 11.1 Å². The van der Waals surface area contributed by atoms with E-state index in [4.69, 9.17) is 14.2 Å². The molecule has 0 amide bonds. The molecule has 0 aromatic heterocycles. The second-order valence-electron chi connectivity index (χ2n) is 6.62. The second kappa shape index (κ2) is 7.88. The highest BCUT2D eigenvalue weighted by atomic mass is 19.1. The van der Waals surface area contributed by atoms with E-state index in [0.717, 1.165) is 0 Å². The van der Waals surface area contributed by atoms with Crippen molar-refractivity contribution >= 4 is 11.9 Å². The highest BCUT2D eigenvalue weighted by Crippen LogP contribution is 2.37. The molecule has 1 heterocycles. The van der Waals surface area contributed by atoms with Gasteiger partial charge in [-0.05, 0) is 38.1 Å². The monoisotopic (exact) mass is 372 g/mol. The Kier molecular flexibility index (Phi) is 5.56. The number of benzene rings is 2. The minimum Gasteiger partial charge on any atom is -0.459 e. The van der Waals surface area contributed by atoms with Gasteiger partial charge in [-0.1, -0.05) is 36.4 Å². The van der Waals surface area contributed by atoms with Crippen molar-refractivity contribution in [2.24, 2.45) is 0 Å². The Balaban J connectivity index is 1.63. The Morgan fingerprint density at radius 1 is 1.00 bits per heavy atom. The Labute approximate surface area is 157 Å². The average Bonchev–Trinajstić information content (AvgIpc) is 2.91. The van der Waals surface area contributed by atoms with E-state index >= 15 is 4.39 Å². The second-order valence-corrected chi connectivity index (χ2v) is 6.62. The van der Waals surface area contributed by atoms with Gasteiger partial charge in [-0.2, -0.15) is 0 Å². The van der Waals surface area contributed by atoms with Crippen molar-refractivity contribution in [3.05, 3.63) is 71.8 Å². The predicted molar refractivity (Wildman–Crippen MR) is 96.2 cm³/mol. The minimum absolute atomic E-state index is 0.266. The molecule has 4 unspecified atom stereocenters. The van der Waals surface area contributed by atoms with E-state index < -0.39 is 35.9 Å². The molecule has 1 aliphatic heterocycles. The Morgan fingerprint density at radius 2 is 1.52 bits per heavy atom. The van der Waals surface area contributed by atoms with Gasteiger partial charge in [0, 0.05) is 0 Å². The van der Waals surface area contributed by atoms with Gasteiger partial charge < -0.3 is 14.2 Å². The van der Waals surface area contributed by atoms with Crippen LogP contribution in [0.4, 0.5) is 4.39 Å². The van der Waals surface area contributed by atoms with Crippen LogP contribution in [0.1, 0.15) is 34.6 Å². The van der Waals surface area contributed by atoms with Crippen LogP contribution in [-0.2, 0) is 14.2 Å². The van der Waals surface area contributed by atoms with Gasteiger partial charge in [-0.15, -0.1) is 0 Å². The molecular formula is C21H21FO5. The van der Waals surface area contributed by atoms with E-state index in [-0.39, 0.29) is 6.61 Å². The summed E-state index contributed by atoms with van der Waals surface area (Å²) in [5.41, 5.74) is -0.772. The molecule has 0 aliphatic carbocycles. The Morgan fingerprint density at radius 3 is 2.07 bits per heavy atom. The third-order valence-corrected chi connectivity index (χ3v) is 4.77. The first-order valence-corrected chi connectivity index (χ1v) is 8.72. The maximum Gasteiger partial charge on any atom is 0.338 e. The number of ether oxygens (including phenoxy) is 3. The van der Waals surface area contributed by atoms with Crippen LogP contribution in [0.3, 0.4) is 0 Å². The number of alkyl halides is 1. The van der Waals surface area contributed by atoms with Crippen molar-refractivity contribution in [1.29, 1.82) is 0 Å². The number of halogens is 1. The summed E-state index contributed by atoms with van der Waals surface area (Å²) in [7, 11) is 0. The molecule has 0 saturated carbocycles. The first kappa shape index (κ1) is 19.0. The summed E-state index contributed by atoms with van der Waals surface area (Å²) in [4.78, 5) is 24.4. The fourth-order valence-corrected chi connectivity index (χ4v) is 2.97. The number of carbonyl (C=O) groups excluding carboxylic acids is 2. The van der Waals surface area contributed by atoms with Gasteiger partial charge in [0.25, 0.3) is 0 Å². The SMILES string of the molecule is CC1OC(COC(=O)c2ccccc2)C(F)C1(C)OC(=O)c1ccccc1. The van der Waals surface area contributed by atoms with Crippen LogP contribution in [0.15, 0.2) is 60.7 Å². The van der Waals surface area contributed by atoms with Crippen molar-refractivity contribution < 1.29 is 28.2 Å². The van der Waals surface area contributed by atoms with Crippen LogP contribution in [0.25, 0.3) is 0 Å². The third-order valence-electron chi connectivity index (χ3n) is 4.77. The molecule has 3 rings (SSSR count). The van der Waals surface area contributed by atoms with Gasteiger partial charge in [0.15, 0.2) is 11.8 Å². The molecule has 27 heavy (non-hydrogen) atoms. The average molecular weight is 372 g/mol. The lowest BCUT2D eigenvalue weighted by atomic mass is 9.94. The van der Waals surface area contributed by atoms with Crippen LogP contribution >= 0.6 is 0 Å². The van der Waals surface area contributed by atoms with Gasteiger partial charge in [0.1, 0.15) is 12.7 Å². The minimum atomic E-state index is -1.64. The third kappa shape index (κ3) is 4.01. The van der Waals surface area contributed by atoms with Crippen molar-refractivity contribution in [1.82, 2.24) is 0 Å². The first-order chi connectivity index (χ1) is 12.9. The topological polar surface area (TPSA) is 61.8 Å². The van der Waals surface area contributed by atoms with Gasteiger partial charge in [0.05, 0.1) is 17.2 Å². The lowest BCUT2D eigenvalue weighted by Crippen LogP contribution is -2.46. The van der Waals surface area contributed by atoms with Crippen molar-refractivity contribution in [3.63, 3.8) is 0 Å². The molecule has 0 spiro atoms. The van der Waals surface area contributed by atoms with E-state index in [9.17, 15) is 9.59 Å². The zero-order valence-electron chi connectivity index (χ0n) is 15.1. The molecule has 142 valence electrons. The summed E-state index contributed by atoms with van der Waals surface area (Å²) in [6.45, 7) is 2.85. The summed E-state index contributed by atoms with van der Waals surface area (Å²) in [6.07, 6.45) is -3.34. The lowest BCUT2D eigenvalue weighted by molar-refractivity contribution is -0.0622. The number of rotatable bonds is 5. The zero-order valence-corrected chi connectivity index (χ0v) is 15.1. The smallest absolute Gasteiger partial charge is 0.338 e. The van der Waals surface area contributed by atoms with E-state index in [1.807, 2.05) is 0 Å². The molecule has 0 N–H and O–H groups in total. The van der Waals surface area contributed by atoms with Crippen LogP contribution in [-0.4, -0.2) is 42.5 Å². The summed E-state index contributed by atoms with van der Waals surface area (Å²) in [5.74, 6) is -1.19. The van der Waals surface area contributed by atoms with Gasteiger partial charge >= 0.3 is 11.9 Å². The summed E-state index contributed by atoms with van der Waals surface area (Å²) >= 11 is 0. The standard InChI is InChI=1S/C21H21FO5/c1-14-21(2,27-20(24)16-11-7-4-8-12-16)18(22)17(26-14)13-25-19(23)15-9-5-3-6-10-15/h3-12,14,17-18H,13H2,1-2H3.